The molecule has 1 heterocycles. The van der Waals surface area contributed by atoms with E-state index in [4.69, 9.17) is 4.74 Å². The molecule has 1 saturated heterocycles. The van der Waals surface area contributed by atoms with Gasteiger partial charge in [-0.15, -0.1) is 0 Å². The van der Waals surface area contributed by atoms with Crippen LogP contribution in [0.25, 0.3) is 0 Å². The third-order valence-electron chi connectivity index (χ3n) is 3.22. The van der Waals surface area contributed by atoms with Crippen LogP contribution in [0.1, 0.15) is 33.1 Å². The number of aliphatic hydroxyl groups excluding tert-OH is 1. The smallest absolute Gasteiger partial charge is 0.410 e. The summed E-state index contributed by atoms with van der Waals surface area (Å²) in [5, 5.41) is 9.50. The molecule has 1 aliphatic heterocycles. The first-order chi connectivity index (χ1) is 8.56. The van der Waals surface area contributed by atoms with Crippen LogP contribution in [0.15, 0.2) is 24.3 Å². The number of hydrogen-bond acceptors (Lipinski definition) is 3. The molecular weight excluding hydrogens is 230 g/mol. The Hall–Kier alpha value is -1.29. The Kier molecular flexibility index (Phi) is 5.92. The van der Waals surface area contributed by atoms with E-state index in [1.165, 1.54) is 0 Å². The van der Waals surface area contributed by atoms with Gasteiger partial charge in [0.1, 0.15) is 6.61 Å². The summed E-state index contributed by atoms with van der Waals surface area (Å²) in [7, 11) is 0. The van der Waals surface area contributed by atoms with Gasteiger partial charge in [0, 0.05) is 6.54 Å². The van der Waals surface area contributed by atoms with Crippen molar-refractivity contribution in [2.24, 2.45) is 0 Å². The molecule has 0 saturated carbocycles. The monoisotopic (exact) mass is 253 g/mol. The molecule has 0 spiro atoms. The van der Waals surface area contributed by atoms with Crippen molar-refractivity contribution in [2.45, 2.75) is 45.3 Å². The fraction of sp³-hybridized carbons (Fsp3) is 0.643. The summed E-state index contributed by atoms with van der Waals surface area (Å²) in [6, 6.07) is 0.0330. The third kappa shape index (κ3) is 4.18. The molecule has 18 heavy (non-hydrogen) atoms. The Morgan fingerprint density at radius 1 is 1.61 bits per heavy atom. The average molecular weight is 253 g/mol. The van der Waals surface area contributed by atoms with Gasteiger partial charge in [-0.05, 0) is 38.7 Å². The summed E-state index contributed by atoms with van der Waals surface area (Å²) in [5.41, 5.74) is 0.892. The van der Waals surface area contributed by atoms with Crippen LogP contribution in [-0.2, 0) is 4.74 Å². The summed E-state index contributed by atoms with van der Waals surface area (Å²) in [6.45, 7) is 8.09. The number of likely N-dealkylation sites (tertiary alicyclic amines) is 1. The Balaban J connectivity index is 2.70. The highest BCUT2D eigenvalue weighted by Crippen LogP contribution is 2.20. The summed E-state index contributed by atoms with van der Waals surface area (Å²) < 4.78 is 5.08. The molecular formula is C14H23NO3. The normalized spacial score (nSPS) is 22.5. The number of hydrogen-bond donors (Lipinski definition) is 1. The highest BCUT2D eigenvalue weighted by Gasteiger charge is 2.26. The van der Waals surface area contributed by atoms with Gasteiger partial charge in [0.15, 0.2) is 0 Å². The first-order valence-corrected chi connectivity index (χ1v) is 6.47. The number of ether oxygens (including phenoxy) is 1. The molecule has 2 unspecified atom stereocenters. The highest BCUT2D eigenvalue weighted by atomic mass is 16.6. The van der Waals surface area contributed by atoms with Gasteiger partial charge in [0.25, 0.3) is 0 Å². The molecule has 4 heteroatoms. The summed E-state index contributed by atoms with van der Waals surface area (Å²) >= 11 is 0. The maximum atomic E-state index is 11.9. The zero-order chi connectivity index (χ0) is 13.5. The molecule has 0 aliphatic carbocycles. The summed E-state index contributed by atoms with van der Waals surface area (Å²) in [6.07, 6.45) is 5.79. The van der Waals surface area contributed by atoms with Gasteiger partial charge in [-0.3, -0.25) is 0 Å². The fourth-order valence-electron chi connectivity index (χ4n) is 2.01. The van der Waals surface area contributed by atoms with Crippen LogP contribution in [0.4, 0.5) is 4.79 Å². The predicted octanol–water partition coefficient (Wildman–Crippen LogP) is 2.49. The number of aliphatic hydroxyl groups is 1. The second kappa shape index (κ2) is 7.21. The molecule has 0 aromatic heterocycles. The van der Waals surface area contributed by atoms with Crippen LogP contribution in [0.2, 0.25) is 0 Å². The van der Waals surface area contributed by atoms with Crippen molar-refractivity contribution in [3.05, 3.63) is 24.3 Å². The van der Waals surface area contributed by atoms with E-state index in [-0.39, 0.29) is 18.7 Å². The molecule has 2 atom stereocenters. The number of nitrogens with zero attached hydrogens (tertiary/aromatic N) is 1. The van der Waals surface area contributed by atoms with Gasteiger partial charge in [0.2, 0.25) is 0 Å². The highest BCUT2D eigenvalue weighted by molar-refractivity contribution is 5.68. The quantitative estimate of drug-likeness (QED) is 0.783. The minimum absolute atomic E-state index is 0.0330. The van der Waals surface area contributed by atoms with Crippen LogP contribution in [0.3, 0.4) is 0 Å². The average Bonchev–Trinajstić information content (AvgIpc) is 2.36. The van der Waals surface area contributed by atoms with Gasteiger partial charge in [-0.1, -0.05) is 18.7 Å². The second-order valence-corrected chi connectivity index (χ2v) is 4.71. The van der Waals surface area contributed by atoms with Crippen molar-refractivity contribution in [1.82, 2.24) is 4.90 Å². The molecule has 0 radical (unpaired) electrons. The lowest BCUT2D eigenvalue weighted by Gasteiger charge is -2.33. The van der Waals surface area contributed by atoms with E-state index in [2.05, 4.69) is 6.58 Å². The lowest BCUT2D eigenvalue weighted by molar-refractivity contribution is 0.0908. The van der Waals surface area contributed by atoms with Gasteiger partial charge < -0.3 is 14.7 Å². The van der Waals surface area contributed by atoms with Crippen molar-refractivity contribution in [1.29, 1.82) is 0 Å². The van der Waals surface area contributed by atoms with E-state index < -0.39 is 6.10 Å². The topological polar surface area (TPSA) is 49.8 Å². The lowest BCUT2D eigenvalue weighted by Crippen LogP contribution is -2.43. The molecule has 0 aromatic carbocycles. The maximum absolute atomic E-state index is 11.9. The molecule has 1 fully saturated rings. The number of carbonyl (C=O) groups is 1. The van der Waals surface area contributed by atoms with E-state index in [0.29, 0.717) is 6.54 Å². The minimum atomic E-state index is -0.474. The number of carbonyl (C=O) groups excluding carboxylic acids is 1. The molecule has 0 bridgehead atoms. The fourth-order valence-corrected chi connectivity index (χ4v) is 2.01. The second-order valence-electron chi connectivity index (χ2n) is 4.71. The Bertz CT molecular complexity index is 323. The van der Waals surface area contributed by atoms with Gasteiger partial charge in [-0.2, -0.15) is 0 Å². The zero-order valence-electron chi connectivity index (χ0n) is 11.3. The van der Waals surface area contributed by atoms with Crippen LogP contribution in [0.5, 0.6) is 0 Å². The van der Waals surface area contributed by atoms with Crippen LogP contribution < -0.4 is 0 Å². The van der Waals surface area contributed by atoms with E-state index in [9.17, 15) is 9.90 Å². The Morgan fingerprint density at radius 3 is 2.94 bits per heavy atom. The lowest BCUT2D eigenvalue weighted by atomic mass is 9.99. The SMILES string of the molecule is C=CCOC(=O)N1CCCCC1/C=C(\C)C(C)O. The standard InChI is InChI=1S/C14H23NO3/c1-4-9-18-14(17)15-8-6-5-7-13(15)10-11(2)12(3)16/h4,10,12-13,16H,1,5-9H2,2-3H3/b11-10+. The number of rotatable bonds is 4. The number of amides is 1. The maximum Gasteiger partial charge on any atom is 0.410 e. The minimum Gasteiger partial charge on any atom is -0.445 e. The van der Waals surface area contributed by atoms with Crippen molar-refractivity contribution >= 4 is 6.09 Å². The number of piperidine rings is 1. The van der Waals surface area contributed by atoms with Crippen molar-refractivity contribution in [3.63, 3.8) is 0 Å². The molecule has 102 valence electrons. The van der Waals surface area contributed by atoms with Gasteiger partial charge >= 0.3 is 6.09 Å². The van der Waals surface area contributed by atoms with Crippen LogP contribution in [0, 0.1) is 0 Å². The van der Waals surface area contributed by atoms with E-state index >= 15 is 0 Å². The molecule has 4 nitrogen and oxygen atoms in total. The van der Waals surface area contributed by atoms with Crippen LogP contribution in [-0.4, -0.2) is 41.4 Å². The molecule has 0 aromatic rings. The van der Waals surface area contributed by atoms with E-state index in [1.807, 2.05) is 13.0 Å². The van der Waals surface area contributed by atoms with Crippen molar-refractivity contribution < 1.29 is 14.6 Å². The summed E-state index contributed by atoms with van der Waals surface area (Å²) in [5.74, 6) is 0. The Morgan fingerprint density at radius 2 is 2.33 bits per heavy atom. The molecule has 1 rings (SSSR count). The third-order valence-corrected chi connectivity index (χ3v) is 3.22. The summed E-state index contributed by atoms with van der Waals surface area (Å²) in [4.78, 5) is 13.6. The van der Waals surface area contributed by atoms with E-state index in [0.717, 1.165) is 24.8 Å². The van der Waals surface area contributed by atoms with Gasteiger partial charge in [-0.25, -0.2) is 4.79 Å². The Labute approximate surface area is 109 Å². The first-order valence-electron chi connectivity index (χ1n) is 6.47. The predicted molar refractivity (Wildman–Crippen MR) is 71.3 cm³/mol. The largest absolute Gasteiger partial charge is 0.445 e. The van der Waals surface area contributed by atoms with Gasteiger partial charge in [0.05, 0.1) is 12.1 Å². The molecule has 1 aliphatic rings. The van der Waals surface area contributed by atoms with E-state index in [1.54, 1.807) is 17.9 Å². The van der Waals surface area contributed by atoms with Crippen molar-refractivity contribution in [2.75, 3.05) is 13.2 Å². The first kappa shape index (κ1) is 14.8. The molecule has 1 N–H and O–H groups in total. The van der Waals surface area contributed by atoms with Crippen LogP contribution >= 0.6 is 0 Å². The van der Waals surface area contributed by atoms with Crippen molar-refractivity contribution in [3.8, 4) is 0 Å². The molecule has 1 amide bonds. The zero-order valence-corrected chi connectivity index (χ0v) is 11.3.